The van der Waals surface area contributed by atoms with E-state index in [9.17, 15) is 0 Å². The van der Waals surface area contributed by atoms with Crippen LogP contribution >= 0.6 is 0 Å². The van der Waals surface area contributed by atoms with E-state index >= 15 is 0 Å². The second-order valence-corrected chi connectivity index (χ2v) is 4.31. The smallest absolute Gasteiger partial charge is 0.145 e. The Kier molecular flexibility index (Phi) is 4.51. The summed E-state index contributed by atoms with van der Waals surface area (Å²) in [6, 6.07) is 11.6. The first-order valence-electron chi connectivity index (χ1n) is 6.38. The Morgan fingerprint density at radius 3 is 2.65 bits per heavy atom. The van der Waals surface area contributed by atoms with Crippen molar-refractivity contribution in [1.29, 1.82) is 5.26 Å². The molecule has 1 aromatic heterocycles. The summed E-state index contributed by atoms with van der Waals surface area (Å²) in [5.74, 6) is 1.60. The zero-order valence-electron chi connectivity index (χ0n) is 11.6. The van der Waals surface area contributed by atoms with Crippen LogP contribution in [-0.4, -0.2) is 23.6 Å². The zero-order chi connectivity index (χ0) is 14.4. The van der Waals surface area contributed by atoms with E-state index in [-0.39, 0.29) is 0 Å². The second kappa shape index (κ2) is 6.53. The summed E-state index contributed by atoms with van der Waals surface area (Å²) in [5, 5.41) is 8.84. The average molecular weight is 268 g/mol. The maximum absolute atomic E-state index is 8.84. The van der Waals surface area contributed by atoms with Gasteiger partial charge in [-0.15, -0.1) is 0 Å². The third kappa shape index (κ3) is 3.45. The predicted octanol–water partition coefficient (Wildman–Crippen LogP) is 2.38. The van der Waals surface area contributed by atoms with Crippen molar-refractivity contribution in [2.24, 2.45) is 0 Å². The van der Waals surface area contributed by atoms with E-state index in [0.29, 0.717) is 18.8 Å². The molecule has 102 valence electrons. The molecule has 0 N–H and O–H groups in total. The van der Waals surface area contributed by atoms with E-state index in [2.05, 4.69) is 9.97 Å². The molecule has 0 saturated heterocycles. The van der Waals surface area contributed by atoms with Gasteiger partial charge >= 0.3 is 0 Å². The Balaban J connectivity index is 2.07. The van der Waals surface area contributed by atoms with Gasteiger partial charge in [0, 0.05) is 19.7 Å². The number of aromatic nitrogens is 2. The van der Waals surface area contributed by atoms with Crippen molar-refractivity contribution < 1.29 is 4.74 Å². The Labute approximate surface area is 118 Å². The van der Waals surface area contributed by atoms with Gasteiger partial charge in [-0.1, -0.05) is 12.1 Å². The Morgan fingerprint density at radius 1 is 1.25 bits per heavy atom. The highest BCUT2D eigenvalue weighted by atomic mass is 16.5. The molecule has 2 rings (SSSR count). The largest absolute Gasteiger partial charge is 0.494 e. The molecule has 0 aliphatic heterocycles. The minimum Gasteiger partial charge on any atom is -0.494 e. The van der Waals surface area contributed by atoms with Crippen molar-refractivity contribution in [2.45, 2.75) is 13.5 Å². The summed E-state index contributed by atoms with van der Waals surface area (Å²) in [7, 11) is 1.93. The number of ether oxygens (including phenoxy) is 1. The van der Waals surface area contributed by atoms with Crippen LogP contribution in [0.15, 0.2) is 36.7 Å². The summed E-state index contributed by atoms with van der Waals surface area (Å²) < 4.78 is 5.41. The highest BCUT2D eigenvalue weighted by molar-refractivity contribution is 5.42. The van der Waals surface area contributed by atoms with Gasteiger partial charge in [-0.2, -0.15) is 5.26 Å². The number of hydrogen-bond acceptors (Lipinski definition) is 5. The molecule has 0 aliphatic carbocycles. The number of rotatable bonds is 5. The van der Waals surface area contributed by atoms with Crippen molar-refractivity contribution in [2.75, 3.05) is 18.6 Å². The van der Waals surface area contributed by atoms with Gasteiger partial charge in [0.2, 0.25) is 0 Å². The lowest BCUT2D eigenvalue weighted by Crippen LogP contribution is -2.17. The van der Waals surface area contributed by atoms with Gasteiger partial charge in [0.05, 0.1) is 6.61 Å². The van der Waals surface area contributed by atoms with Gasteiger partial charge < -0.3 is 9.64 Å². The summed E-state index contributed by atoms with van der Waals surface area (Å²) in [6.45, 7) is 3.33. The van der Waals surface area contributed by atoms with Gasteiger partial charge in [0.25, 0.3) is 0 Å². The third-order valence-electron chi connectivity index (χ3n) is 2.81. The molecule has 0 amide bonds. The fourth-order valence-corrected chi connectivity index (χ4v) is 1.83. The lowest BCUT2D eigenvalue weighted by molar-refractivity contribution is 0.340. The molecule has 0 atom stereocenters. The van der Waals surface area contributed by atoms with E-state index in [1.807, 2.05) is 49.2 Å². The van der Waals surface area contributed by atoms with Crippen LogP contribution in [-0.2, 0) is 6.54 Å². The molecule has 0 bridgehead atoms. The highest BCUT2D eigenvalue weighted by Crippen LogP contribution is 2.16. The quantitative estimate of drug-likeness (QED) is 0.833. The SMILES string of the molecule is CCOc1ccc(CN(C)c2cc(C#N)ncn2)cc1. The number of benzene rings is 1. The second-order valence-electron chi connectivity index (χ2n) is 4.31. The fourth-order valence-electron chi connectivity index (χ4n) is 1.83. The third-order valence-corrected chi connectivity index (χ3v) is 2.81. The van der Waals surface area contributed by atoms with Crippen LogP contribution in [0.5, 0.6) is 5.75 Å². The molecular weight excluding hydrogens is 252 g/mol. The van der Waals surface area contributed by atoms with E-state index in [0.717, 1.165) is 17.1 Å². The molecule has 0 aliphatic rings. The molecule has 2 aromatic rings. The lowest BCUT2D eigenvalue weighted by atomic mass is 10.2. The molecule has 0 spiro atoms. The molecule has 1 aromatic carbocycles. The standard InChI is InChI=1S/C15H16N4O/c1-3-20-14-6-4-12(5-7-14)10-19(2)15-8-13(9-16)17-11-18-15/h4-8,11H,3,10H2,1-2H3. The van der Waals surface area contributed by atoms with Crippen LogP contribution in [0.2, 0.25) is 0 Å². The Morgan fingerprint density at radius 2 is 2.00 bits per heavy atom. The lowest BCUT2D eigenvalue weighted by Gasteiger charge is -2.18. The molecule has 0 radical (unpaired) electrons. The average Bonchev–Trinajstić information content (AvgIpc) is 2.49. The van der Waals surface area contributed by atoms with E-state index < -0.39 is 0 Å². The summed E-state index contributed by atoms with van der Waals surface area (Å²) in [5.41, 5.74) is 1.52. The van der Waals surface area contributed by atoms with Crippen molar-refractivity contribution in [3.63, 3.8) is 0 Å². The minimum absolute atomic E-state index is 0.369. The highest BCUT2D eigenvalue weighted by Gasteiger charge is 2.05. The topological polar surface area (TPSA) is 62.0 Å². The first-order chi connectivity index (χ1) is 9.72. The molecule has 1 heterocycles. The van der Waals surface area contributed by atoms with E-state index in [4.69, 9.17) is 10.00 Å². The van der Waals surface area contributed by atoms with Crippen LogP contribution in [0.3, 0.4) is 0 Å². The molecule has 20 heavy (non-hydrogen) atoms. The summed E-state index contributed by atoms with van der Waals surface area (Å²) in [6.07, 6.45) is 1.41. The number of nitriles is 1. The van der Waals surface area contributed by atoms with Gasteiger partial charge in [0.15, 0.2) is 0 Å². The van der Waals surface area contributed by atoms with Crippen molar-refractivity contribution in [3.8, 4) is 11.8 Å². The van der Waals surface area contributed by atoms with E-state index in [1.165, 1.54) is 6.33 Å². The maximum Gasteiger partial charge on any atom is 0.145 e. The van der Waals surface area contributed by atoms with Crippen LogP contribution in [0, 0.1) is 11.3 Å². The number of nitrogens with zero attached hydrogens (tertiary/aromatic N) is 4. The van der Waals surface area contributed by atoms with Crippen LogP contribution in [0.25, 0.3) is 0 Å². The Bertz CT molecular complexity index is 604. The zero-order valence-corrected chi connectivity index (χ0v) is 11.6. The molecule has 5 heteroatoms. The maximum atomic E-state index is 8.84. The first kappa shape index (κ1) is 13.8. The summed E-state index contributed by atoms with van der Waals surface area (Å²) in [4.78, 5) is 10.0. The van der Waals surface area contributed by atoms with Gasteiger partial charge in [0.1, 0.15) is 29.7 Å². The molecule has 5 nitrogen and oxygen atoms in total. The summed E-state index contributed by atoms with van der Waals surface area (Å²) >= 11 is 0. The van der Waals surface area contributed by atoms with Gasteiger partial charge in [-0.25, -0.2) is 9.97 Å². The fraction of sp³-hybridized carbons (Fsp3) is 0.267. The Hall–Kier alpha value is -2.61. The first-order valence-corrected chi connectivity index (χ1v) is 6.38. The monoisotopic (exact) mass is 268 g/mol. The minimum atomic E-state index is 0.369. The molecule has 0 unspecified atom stereocenters. The van der Waals surface area contributed by atoms with Crippen molar-refractivity contribution >= 4 is 5.82 Å². The predicted molar refractivity (Wildman–Crippen MR) is 76.5 cm³/mol. The van der Waals surface area contributed by atoms with Crippen molar-refractivity contribution in [1.82, 2.24) is 9.97 Å². The van der Waals surface area contributed by atoms with Gasteiger partial charge in [-0.05, 0) is 24.6 Å². The molecule has 0 fully saturated rings. The molecular formula is C15H16N4O. The van der Waals surface area contributed by atoms with Gasteiger partial charge in [-0.3, -0.25) is 0 Å². The van der Waals surface area contributed by atoms with Crippen LogP contribution in [0.1, 0.15) is 18.2 Å². The van der Waals surface area contributed by atoms with E-state index in [1.54, 1.807) is 6.07 Å². The van der Waals surface area contributed by atoms with Crippen LogP contribution < -0.4 is 9.64 Å². The number of anilines is 1. The number of hydrogen-bond donors (Lipinski definition) is 0. The normalized spacial score (nSPS) is 9.85. The molecule has 0 saturated carbocycles. The van der Waals surface area contributed by atoms with Crippen LogP contribution in [0.4, 0.5) is 5.82 Å². The van der Waals surface area contributed by atoms with Crippen molar-refractivity contribution in [3.05, 3.63) is 47.9 Å².